The second kappa shape index (κ2) is 13.3. The average molecular weight is 558 g/mol. The smallest absolute Gasteiger partial charge is 0.304 e. The highest BCUT2D eigenvalue weighted by atomic mass is 35.5. The van der Waals surface area contributed by atoms with Gasteiger partial charge in [-0.3, -0.25) is 9.59 Å². The highest BCUT2D eigenvalue weighted by Crippen LogP contribution is 2.25. The summed E-state index contributed by atoms with van der Waals surface area (Å²) in [7, 11) is -1.21. The molecule has 0 saturated heterocycles. The van der Waals surface area contributed by atoms with E-state index in [0.29, 0.717) is 34.3 Å². The molecule has 0 heterocycles. The monoisotopic (exact) mass is 556 g/mol. The lowest BCUT2D eigenvalue weighted by atomic mass is 10.1. The fourth-order valence-electron chi connectivity index (χ4n) is 3.49. The summed E-state index contributed by atoms with van der Waals surface area (Å²) >= 11 is 12.4. The van der Waals surface area contributed by atoms with E-state index < -0.39 is 28.7 Å². The summed E-state index contributed by atoms with van der Waals surface area (Å²) < 4.78 is 28.4. The zero-order valence-electron chi connectivity index (χ0n) is 21.2. The highest BCUT2D eigenvalue weighted by Gasteiger charge is 2.34. The third kappa shape index (κ3) is 7.83. The van der Waals surface area contributed by atoms with Crippen LogP contribution in [0.15, 0.2) is 48.5 Å². The Bertz CT molecular complexity index is 1140. The van der Waals surface area contributed by atoms with Crippen LogP contribution in [0.1, 0.15) is 32.8 Å². The molecule has 1 N–H and O–H groups in total. The Balaban J connectivity index is 2.49. The van der Waals surface area contributed by atoms with Crippen LogP contribution in [0.3, 0.4) is 0 Å². The fourth-order valence-corrected chi connectivity index (χ4v) is 5.01. The van der Waals surface area contributed by atoms with Gasteiger partial charge in [-0.1, -0.05) is 68.2 Å². The quantitative estimate of drug-likeness (QED) is 0.424. The fraction of sp³-hybridized carbons (Fsp3) is 0.440. The van der Waals surface area contributed by atoms with Crippen molar-refractivity contribution in [1.82, 2.24) is 14.5 Å². The van der Waals surface area contributed by atoms with Crippen LogP contribution in [0.4, 0.5) is 5.69 Å². The normalized spacial score (nSPS) is 12.5. The van der Waals surface area contributed by atoms with Crippen LogP contribution in [-0.2, 0) is 26.3 Å². The van der Waals surface area contributed by atoms with E-state index in [4.69, 9.17) is 23.2 Å². The van der Waals surface area contributed by atoms with Crippen molar-refractivity contribution >= 4 is 50.9 Å². The predicted octanol–water partition coefficient (Wildman–Crippen LogP) is 4.19. The van der Waals surface area contributed by atoms with E-state index in [1.54, 1.807) is 55.5 Å². The molecule has 0 saturated carbocycles. The van der Waals surface area contributed by atoms with E-state index in [-0.39, 0.29) is 18.4 Å². The molecule has 1 unspecified atom stereocenters. The highest BCUT2D eigenvalue weighted by molar-refractivity contribution is 7.90. The Kier molecular flexibility index (Phi) is 11.0. The number of rotatable bonds is 12. The SMILES string of the molecule is CCC(C(=O)NCC(C)C)N(Cc1ccc(Cl)cc1Cl)C(=O)CN(c1ccccc1)S(=O)(=O)N(C)C. The average Bonchev–Trinajstić information content (AvgIpc) is 2.82. The van der Waals surface area contributed by atoms with Gasteiger partial charge in [0.1, 0.15) is 12.6 Å². The molecule has 0 aliphatic carbocycles. The number of hydrogen-bond donors (Lipinski definition) is 1. The standard InChI is InChI=1S/C25H34Cl2N4O4S/c1-6-23(25(33)28-15-18(2)3)30(16-19-12-13-20(26)14-22(19)27)24(32)17-31(36(34,35)29(4)5)21-10-8-7-9-11-21/h7-14,18,23H,6,15-17H2,1-5H3,(H,28,33). The zero-order valence-corrected chi connectivity index (χ0v) is 23.6. The summed E-state index contributed by atoms with van der Waals surface area (Å²) in [4.78, 5) is 28.3. The number of carbonyl (C=O) groups excluding carboxylic acids is 2. The van der Waals surface area contributed by atoms with Crippen LogP contribution < -0.4 is 9.62 Å². The van der Waals surface area contributed by atoms with Crippen LogP contribution in [-0.4, -0.2) is 62.7 Å². The summed E-state index contributed by atoms with van der Waals surface area (Å²) in [6.45, 7) is 5.71. The Morgan fingerprint density at radius 2 is 1.67 bits per heavy atom. The summed E-state index contributed by atoms with van der Waals surface area (Å²) in [6.07, 6.45) is 0.326. The minimum atomic E-state index is -4.01. The van der Waals surface area contributed by atoms with E-state index in [1.165, 1.54) is 19.0 Å². The Hall–Kier alpha value is -2.33. The van der Waals surface area contributed by atoms with Crippen LogP contribution in [0.5, 0.6) is 0 Å². The second-order valence-corrected chi connectivity index (χ2v) is 11.9. The first kappa shape index (κ1) is 29.9. The number of amides is 2. The van der Waals surface area contributed by atoms with Gasteiger partial charge >= 0.3 is 10.2 Å². The number of benzene rings is 2. The molecule has 8 nitrogen and oxygen atoms in total. The molecule has 0 aliphatic heterocycles. The maximum atomic E-state index is 13.8. The minimum Gasteiger partial charge on any atom is -0.354 e. The number of nitrogens with one attached hydrogen (secondary N) is 1. The minimum absolute atomic E-state index is 0.00703. The van der Waals surface area contributed by atoms with E-state index >= 15 is 0 Å². The summed E-state index contributed by atoms with van der Waals surface area (Å²) in [5.74, 6) is -0.631. The first-order chi connectivity index (χ1) is 16.9. The molecule has 1 atom stereocenters. The lowest BCUT2D eigenvalue weighted by molar-refractivity contribution is -0.140. The Morgan fingerprint density at radius 1 is 1.03 bits per heavy atom. The van der Waals surface area contributed by atoms with Crippen molar-refractivity contribution in [1.29, 1.82) is 0 Å². The summed E-state index contributed by atoms with van der Waals surface area (Å²) in [6, 6.07) is 12.4. The van der Waals surface area contributed by atoms with Crippen LogP contribution in [0.25, 0.3) is 0 Å². The Labute approximate surface area is 224 Å². The summed E-state index contributed by atoms with van der Waals surface area (Å²) in [5, 5.41) is 3.67. The van der Waals surface area contributed by atoms with Gasteiger partial charge in [0, 0.05) is 37.2 Å². The molecule has 2 aromatic rings. The first-order valence-corrected chi connectivity index (χ1v) is 13.8. The molecule has 0 radical (unpaired) electrons. The van der Waals surface area contributed by atoms with Crippen molar-refractivity contribution in [2.45, 2.75) is 39.8 Å². The zero-order chi connectivity index (χ0) is 27.0. The van der Waals surface area contributed by atoms with Gasteiger partial charge in [0.25, 0.3) is 0 Å². The number of carbonyl (C=O) groups is 2. The molecule has 2 rings (SSSR count). The Morgan fingerprint density at radius 3 is 2.19 bits per heavy atom. The molecule has 0 aliphatic rings. The molecule has 198 valence electrons. The van der Waals surface area contributed by atoms with Gasteiger partial charge < -0.3 is 10.2 Å². The van der Waals surface area contributed by atoms with Gasteiger partial charge in [-0.2, -0.15) is 12.7 Å². The van der Waals surface area contributed by atoms with E-state index in [1.807, 2.05) is 13.8 Å². The van der Waals surface area contributed by atoms with Crippen molar-refractivity contribution in [2.24, 2.45) is 5.92 Å². The van der Waals surface area contributed by atoms with Gasteiger partial charge in [0.2, 0.25) is 11.8 Å². The maximum absolute atomic E-state index is 13.8. The van der Waals surface area contributed by atoms with Gasteiger partial charge in [-0.15, -0.1) is 0 Å². The van der Waals surface area contributed by atoms with Crippen LogP contribution in [0.2, 0.25) is 10.0 Å². The van der Waals surface area contributed by atoms with Gasteiger partial charge in [0.15, 0.2) is 0 Å². The predicted molar refractivity (Wildman–Crippen MR) is 145 cm³/mol. The molecule has 36 heavy (non-hydrogen) atoms. The number of anilines is 1. The van der Waals surface area contributed by atoms with E-state index in [9.17, 15) is 18.0 Å². The molecule has 0 spiro atoms. The van der Waals surface area contributed by atoms with Crippen molar-refractivity contribution in [3.63, 3.8) is 0 Å². The molecule has 0 bridgehead atoms. The maximum Gasteiger partial charge on any atom is 0.304 e. The number of halogens is 2. The third-order valence-electron chi connectivity index (χ3n) is 5.49. The topological polar surface area (TPSA) is 90.0 Å². The van der Waals surface area contributed by atoms with Crippen LogP contribution >= 0.6 is 23.2 Å². The largest absolute Gasteiger partial charge is 0.354 e. The number of nitrogens with zero attached hydrogens (tertiary/aromatic N) is 3. The molecule has 0 aromatic heterocycles. The first-order valence-electron chi connectivity index (χ1n) is 11.6. The van der Waals surface area contributed by atoms with Gasteiger partial charge in [0.05, 0.1) is 5.69 Å². The van der Waals surface area contributed by atoms with Crippen molar-refractivity contribution in [3.8, 4) is 0 Å². The third-order valence-corrected chi connectivity index (χ3v) is 7.90. The summed E-state index contributed by atoms with van der Waals surface area (Å²) in [5.41, 5.74) is 0.924. The van der Waals surface area contributed by atoms with Crippen molar-refractivity contribution < 1.29 is 18.0 Å². The van der Waals surface area contributed by atoms with E-state index in [0.717, 1.165) is 8.61 Å². The number of para-hydroxylation sites is 1. The lowest BCUT2D eigenvalue weighted by Gasteiger charge is -2.34. The van der Waals surface area contributed by atoms with Crippen LogP contribution in [0, 0.1) is 5.92 Å². The van der Waals surface area contributed by atoms with Crippen molar-refractivity contribution in [3.05, 3.63) is 64.1 Å². The molecular weight excluding hydrogens is 523 g/mol. The van der Waals surface area contributed by atoms with Crippen molar-refractivity contribution in [2.75, 3.05) is 31.5 Å². The molecule has 11 heteroatoms. The van der Waals surface area contributed by atoms with Gasteiger partial charge in [-0.25, -0.2) is 4.31 Å². The lowest BCUT2D eigenvalue weighted by Crippen LogP contribution is -2.53. The molecule has 2 aromatic carbocycles. The molecule has 2 amide bonds. The molecular formula is C25H34Cl2N4O4S. The number of hydrogen-bond acceptors (Lipinski definition) is 4. The van der Waals surface area contributed by atoms with E-state index in [2.05, 4.69) is 5.32 Å². The molecule has 0 fully saturated rings. The second-order valence-electron chi connectivity index (χ2n) is 8.95. The van der Waals surface area contributed by atoms with Gasteiger partial charge in [-0.05, 0) is 42.2 Å².